The molecule has 1 aliphatic heterocycles. The number of benzene rings is 1. The van der Waals surface area contributed by atoms with E-state index in [0.717, 1.165) is 25.0 Å². The molecule has 1 amide bonds. The molecule has 1 saturated heterocycles. The van der Waals surface area contributed by atoms with Crippen LogP contribution in [-0.2, 0) is 22.5 Å². The molecule has 0 bridgehead atoms. The van der Waals surface area contributed by atoms with Crippen LogP contribution in [0, 0.1) is 0 Å². The van der Waals surface area contributed by atoms with Crippen molar-refractivity contribution in [2.75, 3.05) is 13.2 Å². The van der Waals surface area contributed by atoms with E-state index in [1.54, 1.807) is 23.1 Å². The minimum Gasteiger partial charge on any atom is -0.508 e. The molecule has 2 heterocycles. The number of carbonyl (C=O) groups is 1. The summed E-state index contributed by atoms with van der Waals surface area (Å²) in [4.78, 5) is 14.3. The van der Waals surface area contributed by atoms with E-state index in [1.807, 2.05) is 12.1 Å². The summed E-state index contributed by atoms with van der Waals surface area (Å²) in [5.41, 5.74) is 1.32. The number of rotatable bonds is 6. The molecule has 3 rings (SSSR count). The van der Waals surface area contributed by atoms with Gasteiger partial charge in [0.05, 0.1) is 18.2 Å². The summed E-state index contributed by atoms with van der Waals surface area (Å²) in [6.45, 7) is 1.61. The molecule has 0 saturated carbocycles. The molecule has 0 unspecified atom stereocenters. The highest BCUT2D eigenvalue weighted by atomic mass is 16.5. The van der Waals surface area contributed by atoms with E-state index >= 15 is 0 Å². The largest absolute Gasteiger partial charge is 0.508 e. The van der Waals surface area contributed by atoms with Gasteiger partial charge in [-0.1, -0.05) is 23.4 Å². The number of ether oxygens (including phenoxy) is 1. The van der Waals surface area contributed by atoms with Crippen LogP contribution in [0.4, 0.5) is 0 Å². The average Bonchev–Trinajstić information content (AvgIpc) is 3.22. The van der Waals surface area contributed by atoms with E-state index in [9.17, 15) is 9.90 Å². The number of hydrogen-bond acceptors (Lipinski definition) is 5. The van der Waals surface area contributed by atoms with Crippen LogP contribution in [0.1, 0.15) is 24.1 Å². The van der Waals surface area contributed by atoms with Crippen LogP contribution in [0.2, 0.25) is 0 Å². The molecule has 1 N–H and O–H groups in total. The third kappa shape index (κ3) is 4.10. The monoisotopic (exact) mass is 316 g/mol. The Bertz CT molecular complexity index is 636. The van der Waals surface area contributed by atoms with Gasteiger partial charge in [0.2, 0.25) is 5.91 Å². The van der Waals surface area contributed by atoms with E-state index in [2.05, 4.69) is 5.16 Å². The SMILES string of the molecule is O=C(Cc1ccon1)N(Cc1ccccc1O)C[C@H]1CCCO1. The maximum Gasteiger partial charge on any atom is 0.229 e. The molecular formula is C17H20N2O4. The van der Waals surface area contributed by atoms with Crippen LogP contribution >= 0.6 is 0 Å². The van der Waals surface area contributed by atoms with Crippen LogP contribution in [0.3, 0.4) is 0 Å². The molecule has 23 heavy (non-hydrogen) atoms. The average molecular weight is 316 g/mol. The minimum atomic E-state index is -0.0577. The van der Waals surface area contributed by atoms with Gasteiger partial charge in [0.1, 0.15) is 12.0 Å². The summed E-state index contributed by atoms with van der Waals surface area (Å²) in [5.74, 6) is 0.136. The molecular weight excluding hydrogens is 296 g/mol. The van der Waals surface area contributed by atoms with Crippen molar-refractivity contribution in [3.05, 3.63) is 47.9 Å². The van der Waals surface area contributed by atoms with Gasteiger partial charge in [0.15, 0.2) is 0 Å². The third-order valence-corrected chi connectivity index (χ3v) is 3.98. The van der Waals surface area contributed by atoms with Crippen molar-refractivity contribution in [1.29, 1.82) is 0 Å². The summed E-state index contributed by atoms with van der Waals surface area (Å²) < 4.78 is 10.4. The van der Waals surface area contributed by atoms with Crippen LogP contribution in [-0.4, -0.2) is 40.3 Å². The molecule has 1 fully saturated rings. The second-order valence-corrected chi connectivity index (χ2v) is 5.71. The highest BCUT2D eigenvalue weighted by Crippen LogP contribution is 2.20. The Labute approximate surface area is 134 Å². The summed E-state index contributed by atoms with van der Waals surface area (Å²) in [6.07, 6.45) is 3.66. The number of phenols is 1. The lowest BCUT2D eigenvalue weighted by atomic mass is 10.1. The minimum absolute atomic E-state index is 0.0575. The van der Waals surface area contributed by atoms with Gasteiger partial charge in [0, 0.05) is 31.3 Å². The van der Waals surface area contributed by atoms with Gasteiger partial charge < -0.3 is 19.3 Å². The Kier molecular flexibility index (Phi) is 4.92. The number of phenolic OH excluding ortho intramolecular Hbond substituents is 1. The first-order valence-electron chi connectivity index (χ1n) is 7.78. The van der Waals surface area contributed by atoms with Gasteiger partial charge in [-0.15, -0.1) is 0 Å². The zero-order valence-electron chi connectivity index (χ0n) is 12.9. The van der Waals surface area contributed by atoms with Crippen LogP contribution < -0.4 is 0 Å². The van der Waals surface area contributed by atoms with E-state index in [-0.39, 0.29) is 24.2 Å². The van der Waals surface area contributed by atoms with Gasteiger partial charge in [0.25, 0.3) is 0 Å². The number of aromatic nitrogens is 1. The van der Waals surface area contributed by atoms with E-state index in [4.69, 9.17) is 9.26 Å². The Morgan fingerprint density at radius 2 is 2.22 bits per heavy atom. The molecule has 1 aromatic carbocycles. The summed E-state index contributed by atoms with van der Waals surface area (Å²) in [6, 6.07) is 8.74. The summed E-state index contributed by atoms with van der Waals surface area (Å²) >= 11 is 0. The predicted octanol–water partition coefficient (Wildman–Crippen LogP) is 2.13. The second-order valence-electron chi connectivity index (χ2n) is 5.71. The van der Waals surface area contributed by atoms with Gasteiger partial charge in [-0.25, -0.2) is 0 Å². The van der Waals surface area contributed by atoms with Crippen molar-refractivity contribution in [2.45, 2.75) is 31.9 Å². The predicted molar refractivity (Wildman–Crippen MR) is 82.7 cm³/mol. The molecule has 0 spiro atoms. The molecule has 6 heteroatoms. The first-order valence-corrected chi connectivity index (χ1v) is 7.78. The molecule has 0 aliphatic carbocycles. The highest BCUT2D eigenvalue weighted by Gasteiger charge is 2.24. The lowest BCUT2D eigenvalue weighted by Crippen LogP contribution is -2.37. The third-order valence-electron chi connectivity index (χ3n) is 3.98. The number of nitrogens with zero attached hydrogens (tertiary/aromatic N) is 2. The fourth-order valence-corrected chi connectivity index (χ4v) is 2.73. The number of amides is 1. The Morgan fingerprint density at radius 1 is 1.35 bits per heavy atom. The van der Waals surface area contributed by atoms with Gasteiger partial charge >= 0.3 is 0 Å². The number of aromatic hydroxyl groups is 1. The first-order chi connectivity index (χ1) is 11.2. The molecule has 1 aliphatic rings. The van der Waals surface area contributed by atoms with Crippen molar-refractivity contribution < 1.29 is 19.2 Å². The quantitative estimate of drug-likeness (QED) is 0.883. The number of para-hydroxylation sites is 1. The summed E-state index contributed by atoms with van der Waals surface area (Å²) in [5, 5.41) is 13.8. The first kappa shape index (κ1) is 15.6. The Hall–Kier alpha value is -2.34. The smallest absolute Gasteiger partial charge is 0.229 e. The molecule has 1 atom stereocenters. The van der Waals surface area contributed by atoms with Crippen molar-refractivity contribution in [2.24, 2.45) is 0 Å². The summed E-state index contributed by atoms with van der Waals surface area (Å²) in [7, 11) is 0. The Morgan fingerprint density at radius 3 is 2.91 bits per heavy atom. The molecule has 0 radical (unpaired) electrons. The van der Waals surface area contributed by atoms with Crippen LogP contribution in [0.5, 0.6) is 5.75 Å². The van der Waals surface area contributed by atoms with Gasteiger partial charge in [-0.3, -0.25) is 4.79 Å². The maximum atomic E-state index is 12.6. The fourth-order valence-electron chi connectivity index (χ4n) is 2.73. The van der Waals surface area contributed by atoms with E-state index < -0.39 is 0 Å². The maximum absolute atomic E-state index is 12.6. The molecule has 122 valence electrons. The van der Waals surface area contributed by atoms with Crippen LogP contribution in [0.25, 0.3) is 0 Å². The number of hydrogen-bond donors (Lipinski definition) is 1. The highest BCUT2D eigenvalue weighted by molar-refractivity contribution is 5.78. The fraction of sp³-hybridized carbons (Fsp3) is 0.412. The molecule has 1 aromatic heterocycles. The van der Waals surface area contributed by atoms with E-state index in [0.29, 0.717) is 18.8 Å². The van der Waals surface area contributed by atoms with Gasteiger partial charge in [-0.2, -0.15) is 0 Å². The van der Waals surface area contributed by atoms with Crippen molar-refractivity contribution >= 4 is 5.91 Å². The van der Waals surface area contributed by atoms with Crippen LogP contribution in [0.15, 0.2) is 41.1 Å². The Balaban J connectivity index is 1.72. The van der Waals surface area contributed by atoms with E-state index in [1.165, 1.54) is 6.26 Å². The van der Waals surface area contributed by atoms with Gasteiger partial charge in [-0.05, 0) is 18.9 Å². The lowest BCUT2D eigenvalue weighted by Gasteiger charge is -2.25. The molecule has 6 nitrogen and oxygen atoms in total. The standard InChI is InChI=1S/C17H20N2O4/c20-16-6-2-1-4-13(16)11-19(12-15-5-3-8-22-15)17(21)10-14-7-9-23-18-14/h1-2,4,6-7,9,15,20H,3,5,8,10-12H2/t15-/m1/s1. The van der Waals surface area contributed by atoms with Crippen molar-refractivity contribution in [1.82, 2.24) is 10.1 Å². The topological polar surface area (TPSA) is 75.8 Å². The zero-order chi connectivity index (χ0) is 16.1. The zero-order valence-corrected chi connectivity index (χ0v) is 12.9. The lowest BCUT2D eigenvalue weighted by molar-refractivity contribution is -0.132. The molecule has 2 aromatic rings. The van der Waals surface area contributed by atoms with Crippen molar-refractivity contribution in [3.63, 3.8) is 0 Å². The second kappa shape index (κ2) is 7.28. The van der Waals surface area contributed by atoms with Crippen molar-refractivity contribution in [3.8, 4) is 5.75 Å². The number of carbonyl (C=O) groups excluding carboxylic acids is 1. The normalized spacial score (nSPS) is 17.3.